The van der Waals surface area contributed by atoms with Gasteiger partial charge < -0.3 is 19.5 Å². The molecule has 6 nitrogen and oxygen atoms in total. The summed E-state index contributed by atoms with van der Waals surface area (Å²) in [5.74, 6) is -0.965. The molecule has 4 rings (SSSR count). The van der Waals surface area contributed by atoms with Crippen LogP contribution in [0.1, 0.15) is 60.9 Å². The molecule has 0 saturated carbocycles. The number of nitrogens with zero attached hydrogens (tertiary/aromatic N) is 1. The predicted molar refractivity (Wildman–Crippen MR) is 155 cm³/mol. The van der Waals surface area contributed by atoms with E-state index in [2.05, 4.69) is 24.3 Å². The smallest absolute Gasteiger partial charge is 0.307 e. The first-order valence-electron chi connectivity index (χ1n) is 13.5. The first kappa shape index (κ1) is 27.7. The Morgan fingerprint density at radius 1 is 0.897 bits per heavy atom. The van der Waals surface area contributed by atoms with Crippen molar-refractivity contribution >= 4 is 35.0 Å². The van der Waals surface area contributed by atoms with Gasteiger partial charge in [0.05, 0.1) is 19.4 Å². The highest BCUT2D eigenvalue weighted by atomic mass is 16.5. The Kier molecular flexibility index (Phi) is 9.57. The van der Waals surface area contributed by atoms with E-state index < -0.39 is 11.9 Å². The molecule has 0 saturated heterocycles. The van der Waals surface area contributed by atoms with Gasteiger partial charge >= 0.3 is 11.9 Å². The Labute approximate surface area is 229 Å². The summed E-state index contributed by atoms with van der Waals surface area (Å²) in [6.07, 6.45) is 9.38. The molecule has 39 heavy (non-hydrogen) atoms. The van der Waals surface area contributed by atoms with Crippen LogP contribution < -0.4 is 4.74 Å². The van der Waals surface area contributed by atoms with Crippen molar-refractivity contribution in [3.8, 4) is 5.75 Å². The zero-order valence-corrected chi connectivity index (χ0v) is 22.3. The average Bonchev–Trinajstić information content (AvgIpc) is 3.29. The van der Waals surface area contributed by atoms with E-state index in [4.69, 9.17) is 4.74 Å². The number of unbranched alkanes of at least 4 members (excludes halogenated alkanes) is 1. The second-order valence-corrected chi connectivity index (χ2v) is 9.73. The first-order valence-corrected chi connectivity index (χ1v) is 13.5. The van der Waals surface area contributed by atoms with Gasteiger partial charge in [-0.3, -0.25) is 9.59 Å². The number of benzene rings is 3. The molecule has 0 spiro atoms. The van der Waals surface area contributed by atoms with Crippen LogP contribution in [0.4, 0.5) is 0 Å². The summed E-state index contributed by atoms with van der Waals surface area (Å²) in [6.45, 7) is 2.62. The van der Waals surface area contributed by atoms with E-state index >= 15 is 0 Å². The van der Waals surface area contributed by atoms with Gasteiger partial charge in [0.1, 0.15) is 5.75 Å². The number of hydrogen-bond donors (Lipinski definition) is 2. The molecule has 0 radical (unpaired) electrons. The summed E-state index contributed by atoms with van der Waals surface area (Å²) in [7, 11) is 0. The normalized spacial score (nSPS) is 12.1. The van der Waals surface area contributed by atoms with Gasteiger partial charge in [-0.05, 0) is 66.1 Å². The second-order valence-electron chi connectivity index (χ2n) is 9.73. The van der Waals surface area contributed by atoms with Gasteiger partial charge in [0.25, 0.3) is 0 Å². The molecular weight excluding hydrogens is 490 g/mol. The minimum absolute atomic E-state index is 0.0195. The molecule has 3 aromatic carbocycles. The lowest BCUT2D eigenvalue weighted by Gasteiger charge is -2.16. The van der Waals surface area contributed by atoms with Crippen molar-refractivity contribution in [3.63, 3.8) is 0 Å². The molecule has 2 N–H and O–H groups in total. The number of aliphatic carboxylic acids is 2. The lowest BCUT2D eigenvalue weighted by atomic mass is 10.0. The number of carbonyl (C=O) groups is 2. The van der Waals surface area contributed by atoms with Crippen molar-refractivity contribution < 1.29 is 24.5 Å². The lowest BCUT2D eigenvalue weighted by Crippen LogP contribution is -2.12. The SMILES string of the molecule is CCC(CC(=O)O)n1cc(CC(=O)O)c2c(C=Cc3ccc(OCCCCc4ccccc4)cc3)cccc21. The Hall–Kier alpha value is -4.32. The molecule has 6 heteroatoms. The molecule has 4 aromatic rings. The van der Waals surface area contributed by atoms with Crippen molar-refractivity contribution in [3.05, 3.63) is 101 Å². The van der Waals surface area contributed by atoms with Crippen LogP contribution in [0.3, 0.4) is 0 Å². The number of hydrogen-bond acceptors (Lipinski definition) is 3. The fraction of sp³-hybridized carbons (Fsp3) is 0.273. The second kappa shape index (κ2) is 13.5. The van der Waals surface area contributed by atoms with Crippen LogP contribution in [0, 0.1) is 0 Å². The quantitative estimate of drug-likeness (QED) is 0.134. The van der Waals surface area contributed by atoms with Crippen molar-refractivity contribution in [1.29, 1.82) is 0 Å². The van der Waals surface area contributed by atoms with Crippen LogP contribution in [0.2, 0.25) is 0 Å². The number of carboxylic acid groups (broad SMARTS) is 2. The first-order chi connectivity index (χ1) is 18.9. The maximum Gasteiger partial charge on any atom is 0.307 e. The highest BCUT2D eigenvalue weighted by Crippen LogP contribution is 2.32. The average molecular weight is 526 g/mol. The number of carboxylic acids is 2. The van der Waals surface area contributed by atoms with E-state index in [1.807, 2.05) is 72.2 Å². The van der Waals surface area contributed by atoms with Gasteiger partial charge in [-0.2, -0.15) is 0 Å². The van der Waals surface area contributed by atoms with Crippen LogP contribution in [-0.4, -0.2) is 33.3 Å². The Morgan fingerprint density at radius 2 is 1.67 bits per heavy atom. The Balaban J connectivity index is 1.45. The maximum absolute atomic E-state index is 11.6. The fourth-order valence-corrected chi connectivity index (χ4v) is 4.93. The Bertz CT molecular complexity index is 1420. The largest absolute Gasteiger partial charge is 0.494 e. The number of aryl methyl sites for hydroxylation is 1. The monoisotopic (exact) mass is 525 g/mol. The van der Waals surface area contributed by atoms with Gasteiger partial charge in [-0.1, -0.05) is 73.7 Å². The van der Waals surface area contributed by atoms with E-state index in [-0.39, 0.29) is 18.9 Å². The van der Waals surface area contributed by atoms with Crippen molar-refractivity contribution in [2.24, 2.45) is 0 Å². The van der Waals surface area contributed by atoms with Crippen LogP contribution in [-0.2, 0) is 22.4 Å². The van der Waals surface area contributed by atoms with E-state index in [1.54, 1.807) is 6.20 Å². The van der Waals surface area contributed by atoms with E-state index in [0.29, 0.717) is 18.6 Å². The van der Waals surface area contributed by atoms with E-state index in [0.717, 1.165) is 47.0 Å². The summed E-state index contributed by atoms with van der Waals surface area (Å²) in [5.41, 5.74) is 4.77. The molecule has 0 aliphatic carbocycles. The van der Waals surface area contributed by atoms with Gasteiger partial charge in [0.2, 0.25) is 0 Å². The number of ether oxygens (including phenoxy) is 1. The molecule has 0 fully saturated rings. The number of aromatic nitrogens is 1. The summed E-state index contributed by atoms with van der Waals surface area (Å²) >= 11 is 0. The number of fused-ring (bicyclic) bond motifs is 1. The van der Waals surface area contributed by atoms with Crippen LogP contribution in [0.15, 0.2) is 79.0 Å². The van der Waals surface area contributed by atoms with Crippen molar-refractivity contribution in [2.75, 3.05) is 6.61 Å². The van der Waals surface area contributed by atoms with Crippen LogP contribution >= 0.6 is 0 Å². The third-order valence-corrected chi connectivity index (χ3v) is 6.89. The molecule has 1 atom stereocenters. The zero-order chi connectivity index (χ0) is 27.6. The fourth-order valence-electron chi connectivity index (χ4n) is 4.93. The minimum Gasteiger partial charge on any atom is -0.494 e. The lowest BCUT2D eigenvalue weighted by molar-refractivity contribution is -0.138. The summed E-state index contributed by atoms with van der Waals surface area (Å²) in [4.78, 5) is 23.0. The van der Waals surface area contributed by atoms with E-state index in [9.17, 15) is 19.8 Å². The summed E-state index contributed by atoms with van der Waals surface area (Å²) < 4.78 is 7.83. The molecule has 0 aliphatic heterocycles. The molecule has 1 aromatic heterocycles. The summed E-state index contributed by atoms with van der Waals surface area (Å²) in [6, 6.07) is 23.9. The minimum atomic E-state index is -0.922. The molecule has 202 valence electrons. The highest BCUT2D eigenvalue weighted by Gasteiger charge is 2.20. The van der Waals surface area contributed by atoms with Crippen LogP contribution in [0.25, 0.3) is 23.1 Å². The van der Waals surface area contributed by atoms with Crippen molar-refractivity contribution in [1.82, 2.24) is 4.57 Å². The van der Waals surface area contributed by atoms with Gasteiger partial charge in [-0.25, -0.2) is 0 Å². The third kappa shape index (κ3) is 7.60. The third-order valence-electron chi connectivity index (χ3n) is 6.89. The van der Waals surface area contributed by atoms with Gasteiger partial charge in [0.15, 0.2) is 0 Å². The van der Waals surface area contributed by atoms with Crippen molar-refractivity contribution in [2.45, 2.75) is 51.5 Å². The van der Waals surface area contributed by atoms with Crippen LogP contribution in [0.5, 0.6) is 5.75 Å². The van der Waals surface area contributed by atoms with Gasteiger partial charge in [-0.15, -0.1) is 0 Å². The molecule has 1 unspecified atom stereocenters. The maximum atomic E-state index is 11.6. The zero-order valence-electron chi connectivity index (χ0n) is 22.3. The molecule has 0 amide bonds. The summed E-state index contributed by atoms with van der Waals surface area (Å²) in [5, 5.41) is 19.7. The standard InChI is InChI=1S/C33H35NO5/c1-2-28(22-32(37)38)34-23-27(21-31(35)36)33-26(12-8-13-30(33)34)17-14-25-15-18-29(19-16-25)39-20-7-6-11-24-9-4-3-5-10-24/h3-5,8-10,12-19,23,28H,2,6-7,11,20-22H2,1H3,(H,35,36)(H,37,38). The molecular formula is C33H35NO5. The topological polar surface area (TPSA) is 88.8 Å². The Morgan fingerprint density at radius 3 is 2.36 bits per heavy atom. The predicted octanol–water partition coefficient (Wildman–Crippen LogP) is 7.27. The number of rotatable bonds is 14. The highest BCUT2D eigenvalue weighted by molar-refractivity contribution is 5.96. The molecule has 0 bridgehead atoms. The van der Waals surface area contributed by atoms with Gasteiger partial charge in [0, 0.05) is 23.1 Å². The van der Waals surface area contributed by atoms with E-state index in [1.165, 1.54) is 5.56 Å². The molecule has 1 heterocycles. The molecule has 0 aliphatic rings.